The normalized spacial score (nSPS) is 10.9. The van der Waals surface area contributed by atoms with E-state index in [4.69, 9.17) is 0 Å². The standard InChI is InChI=1S/C15H16N4O/c1-11-3-5-13(6-4-11)19-15(20)12(2)14(17-19)9-18-8-7-16-10-18/h3-8,10,17H,9H2,1-2H3. The number of H-pyrrole nitrogens is 1. The number of hydrogen-bond donors (Lipinski definition) is 1. The Morgan fingerprint density at radius 1 is 1.20 bits per heavy atom. The number of aryl methyl sites for hydroxylation is 1. The number of nitrogens with one attached hydrogen (secondary N) is 1. The van der Waals surface area contributed by atoms with Gasteiger partial charge in [0.1, 0.15) is 0 Å². The van der Waals surface area contributed by atoms with Crippen LogP contribution >= 0.6 is 0 Å². The van der Waals surface area contributed by atoms with E-state index in [1.54, 1.807) is 17.2 Å². The van der Waals surface area contributed by atoms with Gasteiger partial charge >= 0.3 is 0 Å². The Morgan fingerprint density at radius 3 is 2.60 bits per heavy atom. The average molecular weight is 268 g/mol. The van der Waals surface area contributed by atoms with Crippen molar-refractivity contribution in [1.82, 2.24) is 19.3 Å². The molecule has 2 aromatic heterocycles. The Balaban J connectivity index is 2.01. The first-order valence-electron chi connectivity index (χ1n) is 6.48. The predicted molar refractivity (Wildman–Crippen MR) is 77.2 cm³/mol. The largest absolute Gasteiger partial charge is 0.332 e. The lowest BCUT2D eigenvalue weighted by atomic mass is 10.2. The molecule has 1 aromatic carbocycles. The molecule has 102 valence electrons. The van der Waals surface area contributed by atoms with Gasteiger partial charge in [0.05, 0.1) is 24.3 Å². The Labute approximate surface area is 116 Å². The number of aromatic nitrogens is 4. The van der Waals surface area contributed by atoms with E-state index in [1.165, 1.54) is 5.56 Å². The Bertz CT molecular complexity index is 763. The zero-order valence-electron chi connectivity index (χ0n) is 11.5. The van der Waals surface area contributed by atoms with Crippen molar-refractivity contribution in [1.29, 1.82) is 0 Å². The van der Waals surface area contributed by atoms with Crippen molar-refractivity contribution in [2.24, 2.45) is 0 Å². The number of hydrogen-bond acceptors (Lipinski definition) is 2. The second-order valence-corrected chi connectivity index (χ2v) is 4.93. The number of imidazole rings is 1. The van der Waals surface area contributed by atoms with Crippen molar-refractivity contribution in [3.05, 3.63) is 70.2 Å². The van der Waals surface area contributed by atoms with E-state index in [1.807, 2.05) is 48.9 Å². The summed E-state index contributed by atoms with van der Waals surface area (Å²) in [6, 6.07) is 7.86. The number of benzene rings is 1. The topological polar surface area (TPSA) is 55.6 Å². The minimum atomic E-state index is -0.0102. The molecule has 0 aliphatic rings. The van der Waals surface area contributed by atoms with Crippen LogP contribution in [0.15, 0.2) is 47.8 Å². The molecule has 0 aliphatic heterocycles. The average Bonchev–Trinajstić information content (AvgIpc) is 3.04. The van der Waals surface area contributed by atoms with Crippen molar-refractivity contribution in [2.45, 2.75) is 20.4 Å². The van der Waals surface area contributed by atoms with Crippen LogP contribution in [-0.2, 0) is 6.54 Å². The molecular formula is C15H16N4O. The van der Waals surface area contributed by atoms with Gasteiger partial charge in [0.15, 0.2) is 0 Å². The van der Waals surface area contributed by atoms with Gasteiger partial charge in [0, 0.05) is 18.0 Å². The van der Waals surface area contributed by atoms with Gasteiger partial charge in [-0.05, 0) is 26.0 Å². The second-order valence-electron chi connectivity index (χ2n) is 4.93. The molecule has 0 unspecified atom stereocenters. The lowest BCUT2D eigenvalue weighted by Crippen LogP contribution is -2.15. The quantitative estimate of drug-likeness (QED) is 0.790. The predicted octanol–water partition coefficient (Wildman–Crippen LogP) is 2.03. The smallest absolute Gasteiger partial charge is 0.274 e. The fourth-order valence-electron chi connectivity index (χ4n) is 2.16. The molecule has 0 fully saturated rings. The second kappa shape index (κ2) is 4.85. The molecule has 5 nitrogen and oxygen atoms in total. The van der Waals surface area contributed by atoms with Gasteiger partial charge in [-0.15, -0.1) is 0 Å². The van der Waals surface area contributed by atoms with Crippen LogP contribution in [0.5, 0.6) is 0 Å². The van der Waals surface area contributed by atoms with E-state index in [-0.39, 0.29) is 5.56 Å². The van der Waals surface area contributed by atoms with Crippen molar-refractivity contribution in [2.75, 3.05) is 0 Å². The Kier molecular flexibility index (Phi) is 3.02. The Hall–Kier alpha value is -2.56. The van der Waals surface area contributed by atoms with E-state index in [9.17, 15) is 4.79 Å². The third-order valence-electron chi connectivity index (χ3n) is 3.42. The van der Waals surface area contributed by atoms with Crippen molar-refractivity contribution >= 4 is 0 Å². The van der Waals surface area contributed by atoms with E-state index in [2.05, 4.69) is 10.1 Å². The third kappa shape index (κ3) is 2.18. The summed E-state index contributed by atoms with van der Waals surface area (Å²) < 4.78 is 3.51. The first-order chi connectivity index (χ1) is 9.65. The first kappa shape index (κ1) is 12.5. The van der Waals surface area contributed by atoms with Gasteiger partial charge in [0.25, 0.3) is 5.56 Å². The fourth-order valence-corrected chi connectivity index (χ4v) is 2.16. The summed E-state index contributed by atoms with van der Waals surface area (Å²) in [6.07, 6.45) is 5.34. The van der Waals surface area contributed by atoms with Gasteiger partial charge in [-0.25, -0.2) is 9.67 Å². The molecule has 1 N–H and O–H groups in total. The zero-order valence-corrected chi connectivity index (χ0v) is 11.5. The molecule has 0 bridgehead atoms. The highest BCUT2D eigenvalue weighted by atomic mass is 16.1. The number of aromatic amines is 1. The molecule has 0 saturated heterocycles. The third-order valence-corrected chi connectivity index (χ3v) is 3.42. The van der Waals surface area contributed by atoms with Gasteiger partial charge < -0.3 is 4.57 Å². The molecule has 0 spiro atoms. The Morgan fingerprint density at radius 2 is 1.95 bits per heavy atom. The van der Waals surface area contributed by atoms with Gasteiger partial charge in [-0.2, -0.15) is 0 Å². The van der Waals surface area contributed by atoms with Crippen molar-refractivity contribution < 1.29 is 0 Å². The summed E-state index contributed by atoms with van der Waals surface area (Å²) in [4.78, 5) is 16.3. The molecule has 0 radical (unpaired) electrons. The molecule has 3 rings (SSSR count). The minimum Gasteiger partial charge on any atom is -0.332 e. The number of rotatable bonds is 3. The molecular weight excluding hydrogens is 252 g/mol. The van der Waals surface area contributed by atoms with Gasteiger partial charge in [-0.1, -0.05) is 17.7 Å². The molecule has 20 heavy (non-hydrogen) atoms. The monoisotopic (exact) mass is 268 g/mol. The minimum absolute atomic E-state index is 0.0102. The summed E-state index contributed by atoms with van der Waals surface area (Å²) in [5, 5.41) is 3.18. The van der Waals surface area contributed by atoms with Crippen LogP contribution in [0.1, 0.15) is 16.8 Å². The molecule has 5 heteroatoms. The summed E-state index contributed by atoms with van der Waals surface area (Å²) in [5.41, 5.74) is 3.64. The van der Waals surface area contributed by atoms with Crippen LogP contribution < -0.4 is 5.56 Å². The van der Waals surface area contributed by atoms with Crippen LogP contribution in [0.4, 0.5) is 0 Å². The summed E-state index contributed by atoms with van der Waals surface area (Å²) in [7, 11) is 0. The van der Waals surface area contributed by atoms with Crippen LogP contribution in [0.3, 0.4) is 0 Å². The molecule has 0 amide bonds. The number of nitrogens with zero attached hydrogens (tertiary/aromatic N) is 3. The summed E-state index contributed by atoms with van der Waals surface area (Å²) in [6.45, 7) is 4.48. The SMILES string of the molecule is Cc1ccc(-n2[nH]c(Cn3ccnc3)c(C)c2=O)cc1. The van der Waals surface area contributed by atoms with Crippen LogP contribution in [0, 0.1) is 13.8 Å². The molecule has 2 heterocycles. The van der Waals surface area contributed by atoms with Gasteiger partial charge in [0.2, 0.25) is 0 Å². The van der Waals surface area contributed by atoms with E-state index in [0.29, 0.717) is 6.54 Å². The maximum absolute atomic E-state index is 12.3. The van der Waals surface area contributed by atoms with Crippen molar-refractivity contribution in [3.8, 4) is 5.69 Å². The highest BCUT2D eigenvalue weighted by Gasteiger charge is 2.11. The van der Waals surface area contributed by atoms with Gasteiger partial charge in [-0.3, -0.25) is 9.89 Å². The lowest BCUT2D eigenvalue weighted by molar-refractivity contribution is 0.738. The maximum atomic E-state index is 12.3. The van der Waals surface area contributed by atoms with Crippen molar-refractivity contribution in [3.63, 3.8) is 0 Å². The first-order valence-corrected chi connectivity index (χ1v) is 6.48. The lowest BCUT2D eigenvalue weighted by Gasteiger charge is -2.03. The molecule has 0 aliphatic carbocycles. The highest BCUT2D eigenvalue weighted by molar-refractivity contribution is 5.35. The van der Waals surface area contributed by atoms with E-state index < -0.39 is 0 Å². The molecule has 3 aromatic rings. The van der Waals surface area contributed by atoms with Crippen LogP contribution in [0.25, 0.3) is 5.69 Å². The summed E-state index contributed by atoms with van der Waals surface area (Å²) in [5.74, 6) is 0. The molecule has 0 saturated carbocycles. The fraction of sp³-hybridized carbons (Fsp3) is 0.200. The molecule has 0 atom stereocenters. The maximum Gasteiger partial charge on any atom is 0.274 e. The zero-order chi connectivity index (χ0) is 14.1. The summed E-state index contributed by atoms with van der Waals surface area (Å²) >= 11 is 0. The van der Waals surface area contributed by atoms with E-state index >= 15 is 0 Å². The van der Waals surface area contributed by atoms with Crippen LogP contribution in [-0.4, -0.2) is 19.3 Å². The highest BCUT2D eigenvalue weighted by Crippen LogP contribution is 2.09. The van der Waals surface area contributed by atoms with Crippen LogP contribution in [0.2, 0.25) is 0 Å². The van der Waals surface area contributed by atoms with E-state index in [0.717, 1.165) is 16.9 Å².